The molecule has 0 bridgehead atoms. The molecule has 0 aliphatic rings. The first-order chi connectivity index (χ1) is 6.18. The molecule has 0 aromatic heterocycles. The minimum absolute atomic E-state index is 0.327. The zero-order valence-electron chi connectivity index (χ0n) is 7.96. The highest BCUT2D eigenvalue weighted by Crippen LogP contribution is 2.12. The van der Waals surface area contributed by atoms with Gasteiger partial charge in [0.05, 0.1) is 0 Å². The first kappa shape index (κ1) is 9.85. The van der Waals surface area contributed by atoms with Crippen molar-refractivity contribution in [1.29, 1.82) is 0 Å². The third kappa shape index (κ3) is 3.79. The van der Waals surface area contributed by atoms with Crippen LogP contribution in [0.15, 0.2) is 36.4 Å². The van der Waals surface area contributed by atoms with Gasteiger partial charge >= 0.3 is 0 Å². The lowest BCUT2D eigenvalue weighted by Gasteiger charge is -2.00. The molecule has 1 rings (SSSR count). The lowest BCUT2D eigenvalue weighted by Crippen LogP contribution is -1.85. The third-order valence-electron chi connectivity index (χ3n) is 1.86. The summed E-state index contributed by atoms with van der Waals surface area (Å²) < 4.78 is 0. The Hall–Kier alpha value is -1.24. The van der Waals surface area contributed by atoms with E-state index < -0.39 is 0 Å². The van der Waals surface area contributed by atoms with Gasteiger partial charge in [-0.2, -0.15) is 0 Å². The number of benzene rings is 1. The standard InChI is InChI=1S/C12H15O/c1-10(2)4-3-5-11-6-8-12(13)9-7-11/h4,6-9,13H,1,3,5H2,2H3. The topological polar surface area (TPSA) is 20.2 Å². The fourth-order valence-electron chi connectivity index (χ4n) is 1.15. The first-order valence-electron chi connectivity index (χ1n) is 4.45. The Balaban J connectivity index is 2.37. The summed E-state index contributed by atoms with van der Waals surface area (Å²) in [5, 5.41) is 9.05. The molecule has 0 spiro atoms. The average Bonchev–Trinajstić information content (AvgIpc) is 2.08. The summed E-state index contributed by atoms with van der Waals surface area (Å²) in [4.78, 5) is 0. The minimum Gasteiger partial charge on any atom is -0.508 e. The minimum atomic E-state index is 0.327. The van der Waals surface area contributed by atoms with Crippen molar-refractivity contribution in [1.82, 2.24) is 0 Å². The Bertz CT molecular complexity index is 272. The molecule has 0 unspecified atom stereocenters. The number of rotatable bonds is 4. The molecule has 1 N–H and O–H groups in total. The van der Waals surface area contributed by atoms with Crippen molar-refractivity contribution in [3.8, 4) is 5.75 Å². The van der Waals surface area contributed by atoms with Crippen molar-refractivity contribution in [3.05, 3.63) is 48.4 Å². The maximum atomic E-state index is 9.05. The van der Waals surface area contributed by atoms with E-state index in [9.17, 15) is 0 Å². The lowest BCUT2D eigenvalue weighted by atomic mass is 10.1. The summed E-state index contributed by atoms with van der Waals surface area (Å²) in [5.74, 6) is 0.327. The van der Waals surface area contributed by atoms with E-state index in [2.05, 4.69) is 13.0 Å². The summed E-state index contributed by atoms with van der Waals surface area (Å²) in [6, 6.07) is 7.33. The van der Waals surface area contributed by atoms with E-state index in [1.807, 2.05) is 19.1 Å². The van der Waals surface area contributed by atoms with Gasteiger partial charge in [-0.25, -0.2) is 0 Å². The Kier molecular flexibility index (Phi) is 3.56. The van der Waals surface area contributed by atoms with Gasteiger partial charge in [0.25, 0.3) is 0 Å². The third-order valence-corrected chi connectivity index (χ3v) is 1.86. The summed E-state index contributed by atoms with van der Waals surface area (Å²) in [6.45, 7) is 5.80. The van der Waals surface area contributed by atoms with Crippen LogP contribution < -0.4 is 0 Å². The van der Waals surface area contributed by atoms with Gasteiger partial charge in [-0.3, -0.25) is 0 Å². The molecule has 13 heavy (non-hydrogen) atoms. The van der Waals surface area contributed by atoms with Crippen molar-refractivity contribution < 1.29 is 5.11 Å². The summed E-state index contributed by atoms with van der Waals surface area (Å²) >= 11 is 0. The van der Waals surface area contributed by atoms with E-state index in [1.54, 1.807) is 12.1 Å². The second-order valence-electron chi connectivity index (χ2n) is 3.26. The molecule has 0 atom stereocenters. The van der Waals surface area contributed by atoms with Gasteiger partial charge < -0.3 is 5.11 Å². The molecule has 1 heteroatoms. The SMILES string of the molecule is C=C(C)[CH]CCc1ccc(O)cc1. The molecule has 0 fully saturated rings. The first-order valence-corrected chi connectivity index (χ1v) is 4.45. The molecule has 69 valence electrons. The largest absolute Gasteiger partial charge is 0.508 e. The zero-order valence-corrected chi connectivity index (χ0v) is 7.96. The highest BCUT2D eigenvalue weighted by molar-refractivity contribution is 5.26. The zero-order chi connectivity index (χ0) is 9.68. The van der Waals surface area contributed by atoms with Crippen LogP contribution in [0.5, 0.6) is 5.75 Å². The summed E-state index contributed by atoms with van der Waals surface area (Å²) in [6.07, 6.45) is 4.14. The average molecular weight is 175 g/mol. The predicted octanol–water partition coefficient (Wildman–Crippen LogP) is 3.11. The van der Waals surface area contributed by atoms with E-state index in [-0.39, 0.29) is 0 Å². The van der Waals surface area contributed by atoms with E-state index in [1.165, 1.54) is 5.56 Å². The van der Waals surface area contributed by atoms with Crippen LogP contribution in [0.2, 0.25) is 0 Å². The number of hydrogen-bond donors (Lipinski definition) is 1. The van der Waals surface area contributed by atoms with Gasteiger partial charge in [0.15, 0.2) is 0 Å². The highest BCUT2D eigenvalue weighted by Gasteiger charge is 1.94. The van der Waals surface area contributed by atoms with E-state index in [0.29, 0.717) is 5.75 Å². The molecular weight excluding hydrogens is 160 g/mol. The number of phenolic OH excluding ortho intramolecular Hbond substituents is 1. The smallest absolute Gasteiger partial charge is 0.115 e. The lowest BCUT2D eigenvalue weighted by molar-refractivity contribution is 0.475. The Morgan fingerprint density at radius 3 is 2.54 bits per heavy atom. The van der Waals surface area contributed by atoms with Gasteiger partial charge in [0.2, 0.25) is 0 Å². The molecule has 0 aliphatic carbocycles. The molecule has 0 heterocycles. The maximum Gasteiger partial charge on any atom is 0.115 e. The maximum absolute atomic E-state index is 9.05. The van der Waals surface area contributed by atoms with Gasteiger partial charge in [0.1, 0.15) is 5.75 Å². The fourth-order valence-corrected chi connectivity index (χ4v) is 1.15. The number of phenols is 1. The Labute approximate surface area is 79.7 Å². The Morgan fingerprint density at radius 1 is 1.38 bits per heavy atom. The molecule has 0 saturated heterocycles. The van der Waals surface area contributed by atoms with Crippen LogP contribution in [0.25, 0.3) is 0 Å². The molecule has 1 radical (unpaired) electrons. The molecule has 0 aliphatic heterocycles. The quantitative estimate of drug-likeness (QED) is 0.745. The van der Waals surface area contributed by atoms with E-state index in [4.69, 9.17) is 5.11 Å². The molecule has 1 aromatic rings. The Morgan fingerprint density at radius 2 is 2.00 bits per heavy atom. The van der Waals surface area contributed by atoms with Crippen molar-refractivity contribution in [3.63, 3.8) is 0 Å². The molecule has 0 amide bonds. The van der Waals surface area contributed by atoms with Gasteiger partial charge in [0, 0.05) is 0 Å². The van der Waals surface area contributed by atoms with E-state index in [0.717, 1.165) is 18.4 Å². The van der Waals surface area contributed by atoms with Crippen LogP contribution in [0.1, 0.15) is 18.9 Å². The van der Waals surface area contributed by atoms with E-state index >= 15 is 0 Å². The molecule has 1 aromatic carbocycles. The predicted molar refractivity (Wildman–Crippen MR) is 55.5 cm³/mol. The highest BCUT2D eigenvalue weighted by atomic mass is 16.3. The van der Waals surface area contributed by atoms with Gasteiger partial charge in [-0.15, -0.1) is 0 Å². The summed E-state index contributed by atoms with van der Waals surface area (Å²) in [7, 11) is 0. The second-order valence-corrected chi connectivity index (χ2v) is 3.26. The van der Waals surface area contributed by atoms with Crippen molar-refractivity contribution in [2.24, 2.45) is 0 Å². The molecule has 1 nitrogen and oxygen atoms in total. The van der Waals surface area contributed by atoms with Crippen LogP contribution >= 0.6 is 0 Å². The van der Waals surface area contributed by atoms with Crippen LogP contribution in [0.3, 0.4) is 0 Å². The van der Waals surface area contributed by atoms with Crippen LogP contribution in [0.4, 0.5) is 0 Å². The number of aromatic hydroxyl groups is 1. The molecular formula is C12H15O. The van der Waals surface area contributed by atoms with Crippen molar-refractivity contribution >= 4 is 0 Å². The normalized spacial score (nSPS) is 9.92. The van der Waals surface area contributed by atoms with Gasteiger partial charge in [-0.1, -0.05) is 24.3 Å². The van der Waals surface area contributed by atoms with Crippen LogP contribution in [0, 0.1) is 6.42 Å². The fraction of sp³-hybridized carbons (Fsp3) is 0.250. The summed E-state index contributed by atoms with van der Waals surface area (Å²) in [5.41, 5.74) is 2.36. The molecule has 0 saturated carbocycles. The van der Waals surface area contributed by atoms with Crippen LogP contribution in [-0.4, -0.2) is 5.11 Å². The number of aryl methyl sites for hydroxylation is 1. The second kappa shape index (κ2) is 4.70. The van der Waals surface area contributed by atoms with Gasteiger partial charge in [-0.05, 0) is 43.9 Å². The van der Waals surface area contributed by atoms with Crippen molar-refractivity contribution in [2.75, 3.05) is 0 Å². The number of hydrogen-bond acceptors (Lipinski definition) is 1. The monoisotopic (exact) mass is 175 g/mol. The van der Waals surface area contributed by atoms with Crippen molar-refractivity contribution in [2.45, 2.75) is 19.8 Å². The van der Waals surface area contributed by atoms with Crippen LogP contribution in [-0.2, 0) is 6.42 Å². The number of allylic oxidation sites excluding steroid dienone is 1.